The Morgan fingerprint density at radius 1 is 1.17 bits per heavy atom. The molecule has 0 saturated carbocycles. The number of hydrogen-bond acceptors (Lipinski definition) is 5. The molecule has 1 amide bonds. The highest BCUT2D eigenvalue weighted by molar-refractivity contribution is 7.12. The smallest absolute Gasteiger partial charge is 0.256 e. The van der Waals surface area contributed by atoms with Crippen molar-refractivity contribution in [1.29, 1.82) is 0 Å². The molecule has 0 aliphatic heterocycles. The Hall–Kier alpha value is -3.16. The number of amides is 1. The van der Waals surface area contributed by atoms with Gasteiger partial charge in [-0.05, 0) is 62.4 Å². The van der Waals surface area contributed by atoms with Crippen molar-refractivity contribution in [3.05, 3.63) is 76.3 Å². The first-order chi connectivity index (χ1) is 14.5. The van der Waals surface area contributed by atoms with Gasteiger partial charge in [0, 0.05) is 27.6 Å². The van der Waals surface area contributed by atoms with Crippen LogP contribution < -0.4 is 10.1 Å². The van der Waals surface area contributed by atoms with E-state index < -0.39 is 0 Å². The molecule has 0 bridgehead atoms. The highest BCUT2D eigenvalue weighted by Gasteiger charge is 2.15. The molecule has 30 heavy (non-hydrogen) atoms. The molecule has 0 spiro atoms. The molecular formula is C22H19ClN4O2S. The lowest BCUT2D eigenvalue weighted by molar-refractivity contribution is 0.102. The van der Waals surface area contributed by atoms with Gasteiger partial charge < -0.3 is 10.1 Å². The van der Waals surface area contributed by atoms with Crippen LogP contribution in [0.15, 0.2) is 60.0 Å². The zero-order chi connectivity index (χ0) is 21.1. The molecular weight excluding hydrogens is 420 g/mol. The van der Waals surface area contributed by atoms with Crippen LogP contribution in [0.2, 0.25) is 5.02 Å². The second-order valence-corrected chi connectivity index (χ2v) is 7.79. The molecule has 6 nitrogen and oxygen atoms in total. The van der Waals surface area contributed by atoms with Gasteiger partial charge in [-0.2, -0.15) is 9.78 Å². The number of nitrogens with zero attached hydrogens (tertiary/aromatic N) is 3. The largest absolute Gasteiger partial charge is 0.494 e. The Morgan fingerprint density at radius 3 is 2.60 bits per heavy atom. The van der Waals surface area contributed by atoms with Crippen molar-refractivity contribution in [3.8, 4) is 22.1 Å². The van der Waals surface area contributed by atoms with E-state index in [0.29, 0.717) is 28.1 Å². The average molecular weight is 439 g/mol. The second kappa shape index (κ2) is 8.69. The van der Waals surface area contributed by atoms with Gasteiger partial charge in [0.2, 0.25) is 5.13 Å². The van der Waals surface area contributed by atoms with E-state index in [0.717, 1.165) is 22.7 Å². The minimum Gasteiger partial charge on any atom is -0.494 e. The Morgan fingerprint density at radius 2 is 1.90 bits per heavy atom. The predicted molar refractivity (Wildman–Crippen MR) is 120 cm³/mol. The standard InChI is InChI=1S/C22H19ClN4O2S/c1-3-29-18-10-6-15(7-11-18)19-13-30-22(24-19)27-20(12-14(2)26-27)25-21(28)16-4-8-17(23)9-5-16/h4-13H,3H2,1-2H3,(H,25,28). The molecule has 2 aromatic carbocycles. The summed E-state index contributed by atoms with van der Waals surface area (Å²) < 4.78 is 7.13. The number of aryl methyl sites for hydroxylation is 1. The number of carbonyl (C=O) groups excluding carboxylic acids is 1. The van der Waals surface area contributed by atoms with Crippen molar-refractivity contribution in [3.63, 3.8) is 0 Å². The Labute approximate surface area is 183 Å². The number of nitrogens with one attached hydrogen (secondary N) is 1. The quantitative estimate of drug-likeness (QED) is 0.425. The molecule has 4 aromatic rings. The molecule has 152 valence electrons. The second-order valence-electron chi connectivity index (χ2n) is 6.52. The minimum atomic E-state index is -0.240. The van der Waals surface area contributed by atoms with Crippen LogP contribution >= 0.6 is 22.9 Å². The van der Waals surface area contributed by atoms with Gasteiger partial charge in [0.25, 0.3) is 5.91 Å². The van der Waals surface area contributed by atoms with Crippen LogP contribution in [0.25, 0.3) is 16.4 Å². The molecule has 0 radical (unpaired) electrons. The summed E-state index contributed by atoms with van der Waals surface area (Å²) in [5.74, 6) is 1.14. The number of hydrogen-bond donors (Lipinski definition) is 1. The van der Waals surface area contributed by atoms with E-state index in [-0.39, 0.29) is 5.91 Å². The fourth-order valence-electron chi connectivity index (χ4n) is 2.91. The summed E-state index contributed by atoms with van der Waals surface area (Å²) in [5, 5.41) is 10.6. The molecule has 0 atom stereocenters. The van der Waals surface area contributed by atoms with Crippen LogP contribution in [-0.4, -0.2) is 27.3 Å². The van der Waals surface area contributed by atoms with Crippen LogP contribution in [-0.2, 0) is 0 Å². The third-order valence-electron chi connectivity index (χ3n) is 4.31. The van der Waals surface area contributed by atoms with Gasteiger partial charge in [-0.1, -0.05) is 11.6 Å². The molecule has 2 heterocycles. The van der Waals surface area contributed by atoms with E-state index >= 15 is 0 Å². The first-order valence-electron chi connectivity index (χ1n) is 9.36. The fourth-order valence-corrected chi connectivity index (χ4v) is 3.83. The van der Waals surface area contributed by atoms with Gasteiger partial charge in [-0.3, -0.25) is 4.79 Å². The van der Waals surface area contributed by atoms with E-state index in [2.05, 4.69) is 10.4 Å². The topological polar surface area (TPSA) is 69.0 Å². The molecule has 1 N–H and O–H groups in total. The van der Waals surface area contributed by atoms with Gasteiger partial charge in [-0.25, -0.2) is 4.98 Å². The van der Waals surface area contributed by atoms with Gasteiger partial charge in [-0.15, -0.1) is 11.3 Å². The lowest BCUT2D eigenvalue weighted by Gasteiger charge is -2.07. The number of ether oxygens (including phenoxy) is 1. The number of carbonyl (C=O) groups is 1. The van der Waals surface area contributed by atoms with Gasteiger partial charge >= 0.3 is 0 Å². The Bertz CT molecular complexity index is 1170. The van der Waals surface area contributed by atoms with Gasteiger partial charge in [0.1, 0.15) is 11.6 Å². The summed E-state index contributed by atoms with van der Waals surface area (Å²) in [6.07, 6.45) is 0. The van der Waals surface area contributed by atoms with Crippen molar-refractivity contribution in [1.82, 2.24) is 14.8 Å². The highest BCUT2D eigenvalue weighted by Crippen LogP contribution is 2.28. The maximum absolute atomic E-state index is 12.6. The molecule has 4 rings (SSSR count). The SMILES string of the molecule is CCOc1ccc(-c2csc(-n3nc(C)cc3NC(=O)c3ccc(Cl)cc3)n2)cc1. The third-order valence-corrected chi connectivity index (χ3v) is 5.38. The summed E-state index contributed by atoms with van der Waals surface area (Å²) in [6.45, 7) is 4.45. The van der Waals surface area contributed by atoms with Crippen LogP contribution in [0.5, 0.6) is 5.75 Å². The number of rotatable bonds is 6. The van der Waals surface area contributed by atoms with Crippen molar-refractivity contribution in [2.75, 3.05) is 11.9 Å². The maximum atomic E-state index is 12.6. The van der Waals surface area contributed by atoms with E-state index in [1.54, 1.807) is 28.9 Å². The Balaban J connectivity index is 1.58. The van der Waals surface area contributed by atoms with E-state index in [4.69, 9.17) is 21.3 Å². The van der Waals surface area contributed by atoms with E-state index in [9.17, 15) is 4.79 Å². The zero-order valence-electron chi connectivity index (χ0n) is 16.4. The number of aromatic nitrogens is 3. The summed E-state index contributed by atoms with van der Waals surface area (Å²) >= 11 is 7.36. The summed E-state index contributed by atoms with van der Waals surface area (Å²) in [7, 11) is 0. The normalized spacial score (nSPS) is 10.8. The molecule has 0 aliphatic carbocycles. The van der Waals surface area contributed by atoms with E-state index in [1.807, 2.05) is 49.6 Å². The first-order valence-corrected chi connectivity index (χ1v) is 10.6. The molecule has 0 unspecified atom stereocenters. The summed E-state index contributed by atoms with van der Waals surface area (Å²) in [4.78, 5) is 17.3. The zero-order valence-corrected chi connectivity index (χ0v) is 18.0. The summed E-state index contributed by atoms with van der Waals surface area (Å²) in [5.41, 5.74) is 3.11. The minimum absolute atomic E-state index is 0.240. The van der Waals surface area contributed by atoms with Gasteiger partial charge in [0.05, 0.1) is 18.0 Å². The predicted octanol–water partition coefficient (Wildman–Crippen LogP) is 5.61. The molecule has 0 saturated heterocycles. The van der Waals surface area contributed by atoms with Crippen LogP contribution in [0.3, 0.4) is 0 Å². The van der Waals surface area contributed by atoms with Gasteiger partial charge in [0.15, 0.2) is 0 Å². The molecule has 0 aliphatic rings. The van der Waals surface area contributed by atoms with Crippen molar-refractivity contribution in [2.45, 2.75) is 13.8 Å². The van der Waals surface area contributed by atoms with Crippen molar-refractivity contribution in [2.24, 2.45) is 0 Å². The number of halogens is 1. The third kappa shape index (κ3) is 4.37. The van der Waals surface area contributed by atoms with Crippen molar-refractivity contribution < 1.29 is 9.53 Å². The lowest BCUT2D eigenvalue weighted by atomic mass is 10.2. The molecule has 8 heteroatoms. The van der Waals surface area contributed by atoms with Crippen molar-refractivity contribution >= 4 is 34.7 Å². The lowest BCUT2D eigenvalue weighted by Crippen LogP contribution is -2.15. The number of thiazole rings is 1. The van der Waals surface area contributed by atoms with Crippen LogP contribution in [0.4, 0.5) is 5.82 Å². The molecule has 2 aromatic heterocycles. The average Bonchev–Trinajstić information content (AvgIpc) is 3.36. The maximum Gasteiger partial charge on any atom is 0.256 e. The molecule has 0 fully saturated rings. The number of benzene rings is 2. The number of anilines is 1. The van der Waals surface area contributed by atoms with Crippen LogP contribution in [0.1, 0.15) is 23.0 Å². The monoisotopic (exact) mass is 438 g/mol. The summed E-state index contributed by atoms with van der Waals surface area (Å²) in [6, 6.07) is 16.3. The van der Waals surface area contributed by atoms with Crippen LogP contribution in [0, 0.1) is 6.92 Å². The first kappa shape index (κ1) is 20.1. The fraction of sp³-hybridized carbons (Fsp3) is 0.136. The highest BCUT2D eigenvalue weighted by atomic mass is 35.5. The van der Waals surface area contributed by atoms with E-state index in [1.165, 1.54) is 11.3 Å². The Kier molecular flexibility index (Phi) is 5.83.